The molecule has 86 valence electrons. The van der Waals surface area contributed by atoms with Gasteiger partial charge in [-0.05, 0) is 20.3 Å². The molecule has 0 nitrogen and oxygen atoms in total. The van der Waals surface area contributed by atoms with Crippen molar-refractivity contribution < 1.29 is 0 Å². The Morgan fingerprint density at radius 3 is 1.14 bits per heavy atom. The highest BCUT2D eigenvalue weighted by Gasteiger charge is 1.48. The van der Waals surface area contributed by atoms with Crippen LogP contribution in [-0.2, 0) is 0 Å². The lowest BCUT2D eigenvalue weighted by molar-refractivity contribution is 1.23. The second-order valence-electron chi connectivity index (χ2n) is 1.75. The van der Waals surface area contributed by atoms with Crippen LogP contribution in [-0.4, -0.2) is 0 Å². The first-order valence-electron chi connectivity index (χ1n) is 5.68. The Morgan fingerprint density at radius 1 is 0.857 bits per heavy atom. The molecule has 0 bridgehead atoms. The molecule has 0 aliphatic carbocycles. The Morgan fingerprint density at radius 2 is 1.07 bits per heavy atom. The van der Waals surface area contributed by atoms with Gasteiger partial charge in [0.05, 0.1) is 0 Å². The van der Waals surface area contributed by atoms with Gasteiger partial charge in [-0.3, -0.25) is 0 Å². The Kier molecular flexibility index (Phi) is 93.6. The molecule has 0 aliphatic rings. The highest BCUT2D eigenvalue weighted by Crippen LogP contribution is 1.71. The van der Waals surface area contributed by atoms with Crippen LogP contribution in [0, 0.1) is 0 Å². The number of hydrogen-bond acceptors (Lipinski definition) is 0. The van der Waals surface area contributed by atoms with E-state index in [2.05, 4.69) is 13.5 Å². The van der Waals surface area contributed by atoms with Crippen molar-refractivity contribution in [3.8, 4) is 0 Å². The van der Waals surface area contributed by atoms with Crippen LogP contribution in [0.15, 0.2) is 37.0 Å². The highest BCUT2D eigenvalue weighted by molar-refractivity contribution is 4.98. The van der Waals surface area contributed by atoms with Gasteiger partial charge in [0.2, 0.25) is 0 Å². The van der Waals surface area contributed by atoms with E-state index in [1.807, 2.05) is 71.9 Å². The SMILES string of the molecule is C/C=C\C=C/C.C=CCC.CC.CC. The maximum Gasteiger partial charge on any atom is -0.0382 e. The molecule has 0 N–H and O–H groups in total. The van der Waals surface area contributed by atoms with Crippen LogP contribution in [0.2, 0.25) is 0 Å². The van der Waals surface area contributed by atoms with Crippen LogP contribution >= 0.6 is 0 Å². The van der Waals surface area contributed by atoms with Crippen molar-refractivity contribution >= 4 is 0 Å². The van der Waals surface area contributed by atoms with Crippen LogP contribution in [0.3, 0.4) is 0 Å². The molecule has 0 unspecified atom stereocenters. The topological polar surface area (TPSA) is 0 Å². The average molecular weight is 198 g/mol. The molecule has 14 heavy (non-hydrogen) atoms. The van der Waals surface area contributed by atoms with Gasteiger partial charge in [0.25, 0.3) is 0 Å². The van der Waals surface area contributed by atoms with E-state index in [0.717, 1.165) is 6.42 Å². The van der Waals surface area contributed by atoms with Crippen molar-refractivity contribution in [2.75, 3.05) is 0 Å². The molecule has 0 radical (unpaired) electrons. The van der Waals surface area contributed by atoms with Gasteiger partial charge in [-0.25, -0.2) is 0 Å². The third kappa shape index (κ3) is 113. The minimum atomic E-state index is 1.08. The van der Waals surface area contributed by atoms with Crippen LogP contribution in [0.25, 0.3) is 0 Å². The van der Waals surface area contributed by atoms with Crippen LogP contribution in [0.4, 0.5) is 0 Å². The molecule has 0 aromatic rings. The molecule has 0 heteroatoms. The van der Waals surface area contributed by atoms with Gasteiger partial charge in [0, 0.05) is 0 Å². The predicted molar refractivity (Wildman–Crippen MR) is 72.8 cm³/mol. The van der Waals surface area contributed by atoms with Crippen LogP contribution in [0.1, 0.15) is 54.9 Å². The quantitative estimate of drug-likeness (QED) is 0.390. The zero-order valence-corrected chi connectivity index (χ0v) is 11.3. The second kappa shape index (κ2) is 56.5. The maximum atomic E-state index is 3.48. The molecule has 0 saturated carbocycles. The molecular formula is C14H30. The Balaban J connectivity index is -0.0000000546. The number of allylic oxidation sites excluding steroid dienone is 5. The van der Waals surface area contributed by atoms with Gasteiger partial charge in [0.1, 0.15) is 0 Å². The summed E-state index contributed by atoms with van der Waals surface area (Å²) in [6.07, 6.45) is 11.0. The molecule has 0 atom stereocenters. The second-order valence-corrected chi connectivity index (χ2v) is 1.75. The van der Waals surface area contributed by atoms with E-state index in [0.29, 0.717) is 0 Å². The third-order valence-electron chi connectivity index (χ3n) is 0.785. The standard InChI is InChI=1S/C6H10.C4H8.2C2H6/c1-3-5-6-4-2;1-3-4-2;2*1-2/h3-6H,1-2H3;3H,1,4H2,2H3;2*1-2H3/b5-3-,6-4-;;;. The smallest absolute Gasteiger partial charge is 0.0382 e. The molecule has 0 aromatic heterocycles. The van der Waals surface area contributed by atoms with Gasteiger partial charge < -0.3 is 0 Å². The molecule has 0 aliphatic heterocycles. The van der Waals surface area contributed by atoms with Crippen LogP contribution in [0.5, 0.6) is 0 Å². The van der Waals surface area contributed by atoms with Crippen molar-refractivity contribution in [3.05, 3.63) is 37.0 Å². The molecule has 0 aromatic carbocycles. The van der Waals surface area contributed by atoms with E-state index in [9.17, 15) is 0 Å². The number of hydrogen-bond donors (Lipinski definition) is 0. The molecule has 0 heterocycles. The zero-order chi connectivity index (χ0) is 12.2. The summed E-state index contributed by atoms with van der Waals surface area (Å²) in [6, 6.07) is 0. The molecule has 0 spiro atoms. The van der Waals surface area contributed by atoms with E-state index in [4.69, 9.17) is 0 Å². The van der Waals surface area contributed by atoms with Gasteiger partial charge in [-0.2, -0.15) is 0 Å². The van der Waals surface area contributed by atoms with Gasteiger partial charge in [-0.1, -0.05) is 65.0 Å². The van der Waals surface area contributed by atoms with Gasteiger partial charge >= 0.3 is 0 Å². The lowest BCUT2D eigenvalue weighted by Crippen LogP contribution is -1.40. The van der Waals surface area contributed by atoms with Gasteiger partial charge in [-0.15, -0.1) is 6.58 Å². The summed E-state index contributed by atoms with van der Waals surface area (Å²) in [4.78, 5) is 0. The van der Waals surface area contributed by atoms with E-state index in [1.165, 1.54) is 0 Å². The largest absolute Gasteiger partial charge is 0.103 e. The summed E-state index contributed by atoms with van der Waals surface area (Å²) < 4.78 is 0. The number of rotatable bonds is 2. The fourth-order valence-corrected chi connectivity index (χ4v) is 0.222. The first kappa shape index (κ1) is 23.2. The Bertz CT molecular complexity index is 86.6. The van der Waals surface area contributed by atoms with Crippen molar-refractivity contribution in [3.63, 3.8) is 0 Å². The summed E-state index contributed by atoms with van der Waals surface area (Å²) in [6.45, 7) is 17.5. The minimum Gasteiger partial charge on any atom is -0.103 e. The van der Waals surface area contributed by atoms with E-state index in [-0.39, 0.29) is 0 Å². The van der Waals surface area contributed by atoms with Crippen molar-refractivity contribution in [1.29, 1.82) is 0 Å². The first-order valence-corrected chi connectivity index (χ1v) is 5.68. The molecule has 0 amide bonds. The fraction of sp³-hybridized carbons (Fsp3) is 0.571. The van der Waals surface area contributed by atoms with E-state index in [1.54, 1.807) is 0 Å². The first-order chi connectivity index (χ1) is 6.83. The summed E-state index contributed by atoms with van der Waals surface area (Å²) in [5.41, 5.74) is 0. The van der Waals surface area contributed by atoms with Crippen LogP contribution < -0.4 is 0 Å². The summed E-state index contributed by atoms with van der Waals surface area (Å²) in [5.74, 6) is 0. The third-order valence-corrected chi connectivity index (χ3v) is 0.785. The minimum absolute atomic E-state index is 1.08. The Hall–Kier alpha value is -0.780. The fourth-order valence-electron chi connectivity index (χ4n) is 0.222. The predicted octanol–water partition coefficient (Wildman–Crippen LogP) is 5.77. The van der Waals surface area contributed by atoms with E-state index >= 15 is 0 Å². The molecule has 0 fully saturated rings. The molecule has 0 rings (SSSR count). The normalized spacial score (nSPS) is 7.64. The lowest BCUT2D eigenvalue weighted by Gasteiger charge is -1.62. The monoisotopic (exact) mass is 198 g/mol. The highest BCUT2D eigenvalue weighted by atomic mass is 13.6. The average Bonchev–Trinajstić information content (AvgIpc) is 2.32. The lowest BCUT2D eigenvalue weighted by atomic mass is 10.5. The summed E-state index contributed by atoms with van der Waals surface area (Å²) in [5, 5.41) is 0. The maximum absolute atomic E-state index is 3.48. The Labute approximate surface area is 92.4 Å². The zero-order valence-electron chi connectivity index (χ0n) is 11.3. The molecular weight excluding hydrogens is 168 g/mol. The van der Waals surface area contributed by atoms with Gasteiger partial charge in [0.15, 0.2) is 0 Å². The summed E-state index contributed by atoms with van der Waals surface area (Å²) in [7, 11) is 0. The molecule has 0 saturated heterocycles. The van der Waals surface area contributed by atoms with Crippen molar-refractivity contribution in [1.82, 2.24) is 0 Å². The van der Waals surface area contributed by atoms with Crippen molar-refractivity contribution in [2.24, 2.45) is 0 Å². The summed E-state index contributed by atoms with van der Waals surface area (Å²) >= 11 is 0. The van der Waals surface area contributed by atoms with E-state index < -0.39 is 0 Å². The van der Waals surface area contributed by atoms with Crippen molar-refractivity contribution in [2.45, 2.75) is 54.9 Å².